The van der Waals surface area contributed by atoms with E-state index >= 15 is 0 Å². The fourth-order valence-corrected chi connectivity index (χ4v) is 2.86. The summed E-state index contributed by atoms with van der Waals surface area (Å²) in [6.45, 7) is 9.82. The summed E-state index contributed by atoms with van der Waals surface area (Å²) in [7, 11) is 0. The number of aromatic nitrogens is 1. The SMILES string of the molecule is CC(C)(C)OC(=O)c1ccnc2ccc(N3CCC(C)(C)OC3=O)cc12. The van der Waals surface area contributed by atoms with Gasteiger partial charge in [0.05, 0.1) is 11.1 Å². The van der Waals surface area contributed by atoms with Gasteiger partial charge in [-0.05, 0) is 58.9 Å². The number of pyridine rings is 1. The zero-order valence-electron chi connectivity index (χ0n) is 15.8. The van der Waals surface area contributed by atoms with Crippen molar-refractivity contribution >= 4 is 28.7 Å². The molecule has 0 atom stereocenters. The Morgan fingerprint density at radius 2 is 2.00 bits per heavy atom. The van der Waals surface area contributed by atoms with E-state index in [9.17, 15) is 9.59 Å². The quantitative estimate of drug-likeness (QED) is 0.750. The number of carbonyl (C=O) groups is 2. The summed E-state index contributed by atoms with van der Waals surface area (Å²) < 4.78 is 11.0. The number of anilines is 1. The van der Waals surface area contributed by atoms with Crippen molar-refractivity contribution in [2.45, 2.75) is 52.2 Å². The number of hydrogen-bond donors (Lipinski definition) is 0. The lowest BCUT2D eigenvalue weighted by molar-refractivity contribution is 0.00712. The molecule has 1 amide bonds. The number of cyclic esters (lactones) is 1. The highest BCUT2D eigenvalue weighted by atomic mass is 16.6. The zero-order valence-corrected chi connectivity index (χ0v) is 15.8. The Morgan fingerprint density at radius 3 is 2.65 bits per heavy atom. The van der Waals surface area contributed by atoms with Crippen molar-refractivity contribution < 1.29 is 19.1 Å². The standard InChI is InChI=1S/C20H24N2O4/c1-19(2,3)25-17(23)14-8-10-21-16-7-6-13(12-15(14)16)22-11-9-20(4,5)26-18(22)24/h6-8,10,12H,9,11H2,1-5H3. The van der Waals surface area contributed by atoms with Crippen LogP contribution in [-0.4, -0.2) is 34.8 Å². The second-order valence-electron chi connectivity index (χ2n) is 8.09. The van der Waals surface area contributed by atoms with Crippen molar-refractivity contribution in [2.75, 3.05) is 11.4 Å². The molecule has 0 N–H and O–H groups in total. The molecule has 0 radical (unpaired) electrons. The van der Waals surface area contributed by atoms with E-state index in [0.717, 1.165) is 6.42 Å². The summed E-state index contributed by atoms with van der Waals surface area (Å²) in [4.78, 5) is 30.8. The van der Waals surface area contributed by atoms with Crippen molar-refractivity contribution in [3.8, 4) is 0 Å². The van der Waals surface area contributed by atoms with Crippen LogP contribution in [0.25, 0.3) is 10.9 Å². The van der Waals surface area contributed by atoms with E-state index in [1.807, 2.05) is 40.7 Å². The molecule has 0 bridgehead atoms. The predicted octanol–water partition coefficient (Wildman–Crippen LogP) is 4.32. The molecule has 1 aromatic heterocycles. The second-order valence-corrected chi connectivity index (χ2v) is 8.09. The third kappa shape index (κ3) is 3.79. The van der Waals surface area contributed by atoms with Gasteiger partial charge < -0.3 is 9.47 Å². The minimum Gasteiger partial charge on any atom is -0.456 e. The molecule has 0 unspecified atom stereocenters. The molecule has 0 saturated carbocycles. The van der Waals surface area contributed by atoms with E-state index in [4.69, 9.17) is 9.47 Å². The van der Waals surface area contributed by atoms with Gasteiger partial charge in [-0.1, -0.05) is 0 Å². The molecule has 0 spiro atoms. The van der Waals surface area contributed by atoms with Crippen LogP contribution in [-0.2, 0) is 9.47 Å². The first-order valence-electron chi connectivity index (χ1n) is 8.68. The first kappa shape index (κ1) is 18.2. The van der Waals surface area contributed by atoms with Crippen LogP contribution in [0.3, 0.4) is 0 Å². The Balaban J connectivity index is 1.99. The van der Waals surface area contributed by atoms with Crippen LogP contribution in [0.2, 0.25) is 0 Å². The van der Waals surface area contributed by atoms with E-state index in [-0.39, 0.29) is 6.09 Å². The molecular weight excluding hydrogens is 332 g/mol. The van der Waals surface area contributed by atoms with Crippen LogP contribution in [0.4, 0.5) is 10.5 Å². The largest absolute Gasteiger partial charge is 0.456 e. The van der Waals surface area contributed by atoms with Gasteiger partial charge in [0.1, 0.15) is 11.2 Å². The van der Waals surface area contributed by atoms with Crippen LogP contribution in [0.15, 0.2) is 30.5 Å². The normalized spacial score (nSPS) is 17.1. The van der Waals surface area contributed by atoms with Gasteiger partial charge >= 0.3 is 12.1 Å². The van der Waals surface area contributed by atoms with Gasteiger partial charge in [-0.25, -0.2) is 9.59 Å². The molecule has 0 aliphatic carbocycles. The van der Waals surface area contributed by atoms with Crippen LogP contribution in [0.1, 0.15) is 51.4 Å². The minimum absolute atomic E-state index is 0.386. The maximum absolute atomic E-state index is 12.6. The summed E-state index contributed by atoms with van der Waals surface area (Å²) in [5.41, 5.74) is 0.719. The molecule has 26 heavy (non-hydrogen) atoms. The fraction of sp³-hybridized carbons (Fsp3) is 0.450. The Hall–Kier alpha value is -2.63. The highest BCUT2D eigenvalue weighted by Gasteiger charge is 2.33. The van der Waals surface area contributed by atoms with E-state index in [2.05, 4.69) is 4.98 Å². The zero-order chi connectivity index (χ0) is 19.1. The van der Waals surface area contributed by atoms with Crippen molar-refractivity contribution in [1.29, 1.82) is 0 Å². The second kappa shape index (κ2) is 6.27. The number of esters is 1. The first-order valence-corrected chi connectivity index (χ1v) is 8.68. The Bertz CT molecular complexity index is 868. The topological polar surface area (TPSA) is 68.7 Å². The molecule has 1 saturated heterocycles. The number of carbonyl (C=O) groups excluding carboxylic acids is 2. The van der Waals surface area contributed by atoms with Crippen LogP contribution < -0.4 is 4.90 Å². The number of benzene rings is 1. The third-order valence-corrected chi connectivity index (χ3v) is 4.18. The summed E-state index contributed by atoms with van der Waals surface area (Å²) in [6, 6.07) is 7.04. The molecule has 1 aromatic carbocycles. The van der Waals surface area contributed by atoms with Crippen molar-refractivity contribution in [3.05, 3.63) is 36.0 Å². The van der Waals surface area contributed by atoms with Gasteiger partial charge in [0, 0.05) is 30.2 Å². The fourth-order valence-electron chi connectivity index (χ4n) is 2.86. The van der Waals surface area contributed by atoms with Crippen molar-refractivity contribution in [1.82, 2.24) is 4.98 Å². The molecule has 2 heterocycles. The van der Waals surface area contributed by atoms with Gasteiger partial charge in [0.15, 0.2) is 0 Å². The summed E-state index contributed by atoms with van der Waals surface area (Å²) >= 11 is 0. The maximum Gasteiger partial charge on any atom is 0.414 e. The van der Waals surface area contributed by atoms with E-state index in [1.165, 1.54) is 0 Å². The summed E-state index contributed by atoms with van der Waals surface area (Å²) in [5, 5.41) is 0.650. The molecule has 138 valence electrons. The highest BCUT2D eigenvalue weighted by Crippen LogP contribution is 2.30. The molecule has 6 heteroatoms. The minimum atomic E-state index is -0.591. The number of hydrogen-bond acceptors (Lipinski definition) is 5. The molecular formula is C20H24N2O4. The molecule has 3 rings (SSSR count). The smallest absolute Gasteiger partial charge is 0.414 e. The maximum atomic E-state index is 12.6. The molecule has 1 fully saturated rings. The molecule has 2 aromatic rings. The molecule has 6 nitrogen and oxygen atoms in total. The van der Waals surface area contributed by atoms with Gasteiger partial charge in [0.25, 0.3) is 0 Å². The predicted molar refractivity (Wildman–Crippen MR) is 99.4 cm³/mol. The monoisotopic (exact) mass is 356 g/mol. The van der Waals surface area contributed by atoms with E-state index < -0.39 is 17.2 Å². The Labute approximate surface area is 153 Å². The summed E-state index contributed by atoms with van der Waals surface area (Å²) in [6.07, 6.45) is 1.92. The van der Waals surface area contributed by atoms with Crippen LogP contribution >= 0.6 is 0 Å². The number of ether oxygens (including phenoxy) is 2. The lowest BCUT2D eigenvalue weighted by Gasteiger charge is -2.36. The van der Waals surface area contributed by atoms with Gasteiger partial charge in [-0.2, -0.15) is 0 Å². The Kier molecular flexibility index (Phi) is 4.38. The van der Waals surface area contributed by atoms with Crippen molar-refractivity contribution in [2.24, 2.45) is 0 Å². The molecule has 1 aliphatic rings. The van der Waals surface area contributed by atoms with E-state index in [0.29, 0.717) is 28.7 Å². The number of amides is 1. The molecule has 1 aliphatic heterocycles. The third-order valence-electron chi connectivity index (χ3n) is 4.18. The van der Waals surface area contributed by atoms with Crippen LogP contribution in [0.5, 0.6) is 0 Å². The first-order chi connectivity index (χ1) is 12.1. The van der Waals surface area contributed by atoms with Gasteiger partial charge in [0.2, 0.25) is 0 Å². The average molecular weight is 356 g/mol. The summed E-state index contributed by atoms with van der Waals surface area (Å²) in [5.74, 6) is -0.413. The van der Waals surface area contributed by atoms with Crippen molar-refractivity contribution in [3.63, 3.8) is 0 Å². The number of fused-ring (bicyclic) bond motifs is 1. The van der Waals surface area contributed by atoms with Crippen LogP contribution in [0, 0.1) is 0 Å². The van der Waals surface area contributed by atoms with E-state index in [1.54, 1.807) is 29.3 Å². The lowest BCUT2D eigenvalue weighted by atomic mass is 10.0. The average Bonchev–Trinajstić information content (AvgIpc) is 2.51. The Morgan fingerprint density at radius 1 is 1.27 bits per heavy atom. The highest BCUT2D eigenvalue weighted by molar-refractivity contribution is 6.05. The number of rotatable bonds is 2. The number of nitrogens with zero attached hydrogens (tertiary/aromatic N) is 2. The lowest BCUT2D eigenvalue weighted by Crippen LogP contribution is -2.46. The van der Waals surface area contributed by atoms with Gasteiger partial charge in [-0.15, -0.1) is 0 Å². The van der Waals surface area contributed by atoms with Gasteiger partial charge in [-0.3, -0.25) is 9.88 Å².